The van der Waals surface area contributed by atoms with Gasteiger partial charge in [0.2, 0.25) is 5.91 Å². The molecule has 0 aromatic carbocycles. The molecule has 98 valence electrons. The molecule has 6 heteroatoms. The Bertz CT molecular complexity index is 408. The van der Waals surface area contributed by atoms with Crippen molar-refractivity contribution >= 4 is 11.8 Å². The van der Waals surface area contributed by atoms with Gasteiger partial charge in [-0.3, -0.25) is 14.5 Å². The maximum atomic E-state index is 12.0. The first-order chi connectivity index (χ1) is 8.66. The van der Waals surface area contributed by atoms with Crippen LogP contribution in [0.3, 0.4) is 0 Å². The van der Waals surface area contributed by atoms with Gasteiger partial charge in [0.15, 0.2) is 5.76 Å². The molecule has 1 aromatic rings. The molecule has 0 aliphatic carbocycles. The fraction of sp³-hybridized carbons (Fsp3) is 0.500. The van der Waals surface area contributed by atoms with Gasteiger partial charge in [0.05, 0.1) is 6.26 Å². The summed E-state index contributed by atoms with van der Waals surface area (Å²) in [7, 11) is 0. The molecule has 1 aromatic heterocycles. The van der Waals surface area contributed by atoms with E-state index in [1.165, 1.54) is 6.26 Å². The number of hydrogen-bond acceptors (Lipinski definition) is 4. The summed E-state index contributed by atoms with van der Waals surface area (Å²) in [4.78, 5) is 26.6. The van der Waals surface area contributed by atoms with E-state index in [1.807, 2.05) is 0 Å². The van der Waals surface area contributed by atoms with Gasteiger partial charge in [-0.25, -0.2) is 0 Å². The van der Waals surface area contributed by atoms with Crippen molar-refractivity contribution in [3.05, 3.63) is 24.2 Å². The first-order valence-corrected chi connectivity index (χ1v) is 6.00. The molecule has 0 unspecified atom stereocenters. The zero-order valence-corrected chi connectivity index (χ0v) is 10.2. The maximum Gasteiger partial charge on any atom is 0.289 e. The summed E-state index contributed by atoms with van der Waals surface area (Å²) in [5.41, 5.74) is 5.11. The predicted octanol–water partition coefficient (Wildman–Crippen LogP) is -0.0872. The second-order valence-electron chi connectivity index (χ2n) is 4.33. The molecule has 0 spiro atoms. The number of carbonyl (C=O) groups excluding carboxylic acids is 2. The Hall–Kier alpha value is -1.82. The van der Waals surface area contributed by atoms with Crippen LogP contribution in [0.25, 0.3) is 0 Å². The van der Waals surface area contributed by atoms with Gasteiger partial charge >= 0.3 is 0 Å². The van der Waals surface area contributed by atoms with Crippen molar-refractivity contribution in [1.29, 1.82) is 0 Å². The van der Waals surface area contributed by atoms with Gasteiger partial charge in [-0.15, -0.1) is 0 Å². The Labute approximate surface area is 105 Å². The minimum atomic E-state index is -0.288. The summed E-state index contributed by atoms with van der Waals surface area (Å²) in [6.45, 7) is 3.49. The lowest BCUT2D eigenvalue weighted by Gasteiger charge is -2.34. The summed E-state index contributed by atoms with van der Waals surface area (Å²) in [5.74, 6) is 0.0132. The minimum Gasteiger partial charge on any atom is -0.459 e. The SMILES string of the molecule is NC(=O)CCN1CCN(C(=O)c2ccco2)CC1. The van der Waals surface area contributed by atoms with Crippen molar-refractivity contribution in [3.8, 4) is 0 Å². The van der Waals surface area contributed by atoms with Gasteiger partial charge in [-0.1, -0.05) is 0 Å². The van der Waals surface area contributed by atoms with E-state index in [0.717, 1.165) is 13.1 Å². The van der Waals surface area contributed by atoms with Crippen LogP contribution in [0.2, 0.25) is 0 Å². The summed E-state index contributed by atoms with van der Waals surface area (Å²) in [5, 5.41) is 0. The molecule has 1 saturated heterocycles. The van der Waals surface area contributed by atoms with Crippen molar-refractivity contribution < 1.29 is 14.0 Å². The monoisotopic (exact) mass is 251 g/mol. The van der Waals surface area contributed by atoms with Crippen molar-refractivity contribution in [1.82, 2.24) is 9.80 Å². The number of primary amides is 1. The second kappa shape index (κ2) is 5.68. The van der Waals surface area contributed by atoms with E-state index in [9.17, 15) is 9.59 Å². The standard InChI is InChI=1S/C12H17N3O3/c13-11(16)3-4-14-5-7-15(8-6-14)12(17)10-2-1-9-18-10/h1-2,9H,3-8H2,(H2,13,16). The summed E-state index contributed by atoms with van der Waals surface area (Å²) in [6, 6.07) is 3.37. The Morgan fingerprint density at radius 3 is 2.56 bits per heavy atom. The average Bonchev–Trinajstić information content (AvgIpc) is 2.90. The van der Waals surface area contributed by atoms with Gasteiger partial charge in [0.25, 0.3) is 5.91 Å². The van der Waals surface area contributed by atoms with E-state index in [2.05, 4.69) is 4.90 Å². The molecule has 0 atom stereocenters. The van der Waals surface area contributed by atoms with Crippen LogP contribution in [-0.4, -0.2) is 54.3 Å². The van der Waals surface area contributed by atoms with Crippen LogP contribution in [0.1, 0.15) is 17.0 Å². The van der Waals surface area contributed by atoms with Gasteiger partial charge in [-0.2, -0.15) is 0 Å². The van der Waals surface area contributed by atoms with Gasteiger partial charge in [0, 0.05) is 39.1 Å². The van der Waals surface area contributed by atoms with Crippen molar-refractivity contribution in [2.45, 2.75) is 6.42 Å². The van der Waals surface area contributed by atoms with Crippen LogP contribution >= 0.6 is 0 Å². The lowest BCUT2D eigenvalue weighted by Crippen LogP contribution is -2.49. The van der Waals surface area contributed by atoms with Gasteiger partial charge in [0.1, 0.15) is 0 Å². The van der Waals surface area contributed by atoms with Crippen molar-refractivity contribution in [3.63, 3.8) is 0 Å². The van der Waals surface area contributed by atoms with E-state index in [4.69, 9.17) is 10.2 Å². The van der Waals surface area contributed by atoms with Crippen molar-refractivity contribution in [2.24, 2.45) is 5.73 Å². The molecular formula is C12H17N3O3. The molecule has 2 amide bonds. The molecule has 6 nitrogen and oxygen atoms in total. The van der Waals surface area contributed by atoms with Crippen molar-refractivity contribution in [2.75, 3.05) is 32.7 Å². The van der Waals surface area contributed by atoms with E-state index in [1.54, 1.807) is 17.0 Å². The molecule has 2 N–H and O–H groups in total. The highest BCUT2D eigenvalue weighted by molar-refractivity contribution is 5.91. The molecule has 0 saturated carbocycles. The molecule has 2 heterocycles. The first-order valence-electron chi connectivity index (χ1n) is 6.00. The van der Waals surface area contributed by atoms with E-state index >= 15 is 0 Å². The molecule has 1 aliphatic rings. The van der Waals surface area contributed by atoms with E-state index in [-0.39, 0.29) is 11.8 Å². The highest BCUT2D eigenvalue weighted by Gasteiger charge is 2.23. The molecule has 1 fully saturated rings. The van der Waals surface area contributed by atoms with Crippen LogP contribution in [0, 0.1) is 0 Å². The van der Waals surface area contributed by atoms with Crippen LogP contribution in [0.4, 0.5) is 0 Å². The second-order valence-corrected chi connectivity index (χ2v) is 4.33. The van der Waals surface area contributed by atoms with Gasteiger partial charge in [-0.05, 0) is 12.1 Å². The fourth-order valence-corrected chi connectivity index (χ4v) is 2.00. The zero-order chi connectivity index (χ0) is 13.0. The third-order valence-corrected chi connectivity index (χ3v) is 3.07. The molecule has 2 rings (SSSR count). The number of piperazine rings is 1. The van der Waals surface area contributed by atoms with Crippen LogP contribution in [0.15, 0.2) is 22.8 Å². The Morgan fingerprint density at radius 1 is 1.28 bits per heavy atom. The largest absolute Gasteiger partial charge is 0.459 e. The predicted molar refractivity (Wildman–Crippen MR) is 64.9 cm³/mol. The maximum absolute atomic E-state index is 12.0. The normalized spacial score (nSPS) is 16.8. The quantitative estimate of drug-likeness (QED) is 0.811. The number of hydrogen-bond donors (Lipinski definition) is 1. The number of amides is 2. The lowest BCUT2D eigenvalue weighted by atomic mass is 10.2. The smallest absolute Gasteiger partial charge is 0.289 e. The zero-order valence-electron chi connectivity index (χ0n) is 10.2. The van der Waals surface area contributed by atoms with Gasteiger partial charge < -0.3 is 15.1 Å². The summed E-state index contributed by atoms with van der Waals surface area (Å²) in [6.07, 6.45) is 1.86. The Morgan fingerprint density at radius 2 is 2.00 bits per heavy atom. The molecule has 0 radical (unpaired) electrons. The topological polar surface area (TPSA) is 79.8 Å². The van der Waals surface area contributed by atoms with E-state index < -0.39 is 0 Å². The van der Waals surface area contributed by atoms with E-state index in [0.29, 0.717) is 31.8 Å². The fourth-order valence-electron chi connectivity index (χ4n) is 2.00. The van der Waals surface area contributed by atoms with Crippen LogP contribution in [-0.2, 0) is 4.79 Å². The Kier molecular flexibility index (Phi) is 3.99. The third kappa shape index (κ3) is 3.10. The van der Waals surface area contributed by atoms with Crippen LogP contribution < -0.4 is 5.73 Å². The Balaban J connectivity index is 1.80. The molecule has 0 bridgehead atoms. The number of furan rings is 1. The molecule has 18 heavy (non-hydrogen) atoms. The van der Waals surface area contributed by atoms with Crippen LogP contribution in [0.5, 0.6) is 0 Å². The highest BCUT2D eigenvalue weighted by atomic mass is 16.3. The third-order valence-electron chi connectivity index (χ3n) is 3.07. The number of carbonyl (C=O) groups is 2. The minimum absolute atomic E-state index is 0.0745. The number of nitrogens with two attached hydrogens (primary N) is 1. The lowest BCUT2D eigenvalue weighted by molar-refractivity contribution is -0.118. The molecule has 1 aliphatic heterocycles. The highest BCUT2D eigenvalue weighted by Crippen LogP contribution is 2.09. The number of rotatable bonds is 4. The summed E-state index contributed by atoms with van der Waals surface area (Å²) >= 11 is 0. The first kappa shape index (κ1) is 12.6. The summed E-state index contributed by atoms with van der Waals surface area (Å²) < 4.78 is 5.09. The average molecular weight is 251 g/mol. The molecular weight excluding hydrogens is 234 g/mol. The number of nitrogens with zero attached hydrogens (tertiary/aromatic N) is 2.